The normalized spacial score (nSPS) is 15.6. The SMILES string of the molecule is COc1ccc(C=C2Oc3cc(OCC(=O)N[C@@H](C(=O)O)[C@@H](C)O)ccc3C2=O)cc1. The Hall–Kier alpha value is -3.85. The summed E-state index contributed by atoms with van der Waals surface area (Å²) in [5.41, 5.74) is 1.12. The molecular formula is C22H21NO8. The summed E-state index contributed by atoms with van der Waals surface area (Å²) in [4.78, 5) is 35.5. The second-order valence-corrected chi connectivity index (χ2v) is 6.78. The molecule has 0 bridgehead atoms. The van der Waals surface area contributed by atoms with Crippen molar-refractivity contribution in [1.82, 2.24) is 5.32 Å². The number of ketones is 1. The highest BCUT2D eigenvalue weighted by Crippen LogP contribution is 2.35. The second kappa shape index (κ2) is 9.31. The molecule has 0 aromatic heterocycles. The third-order valence-electron chi connectivity index (χ3n) is 4.49. The Kier molecular flexibility index (Phi) is 6.56. The van der Waals surface area contributed by atoms with Crippen LogP contribution in [0, 0.1) is 0 Å². The summed E-state index contributed by atoms with van der Waals surface area (Å²) in [6, 6.07) is 10.2. The summed E-state index contributed by atoms with van der Waals surface area (Å²) in [6.07, 6.45) is 0.342. The number of carboxylic acid groups (broad SMARTS) is 1. The van der Waals surface area contributed by atoms with E-state index >= 15 is 0 Å². The number of Topliss-reactive ketones (excluding diaryl/α,β-unsaturated/α-hetero) is 1. The molecule has 2 aromatic rings. The maximum absolute atomic E-state index is 12.5. The van der Waals surface area contributed by atoms with Crippen LogP contribution >= 0.6 is 0 Å². The number of benzene rings is 2. The zero-order chi connectivity index (χ0) is 22.5. The molecule has 0 fully saturated rings. The van der Waals surface area contributed by atoms with Gasteiger partial charge in [0.15, 0.2) is 18.4 Å². The number of aliphatic hydroxyl groups is 1. The third kappa shape index (κ3) is 5.20. The topological polar surface area (TPSA) is 131 Å². The summed E-state index contributed by atoms with van der Waals surface area (Å²) in [5, 5.41) is 20.6. The Morgan fingerprint density at radius 1 is 1.16 bits per heavy atom. The number of carboxylic acids is 1. The predicted molar refractivity (Wildman–Crippen MR) is 109 cm³/mol. The Balaban J connectivity index is 1.65. The maximum atomic E-state index is 12.5. The number of fused-ring (bicyclic) bond motifs is 1. The number of hydrogen-bond acceptors (Lipinski definition) is 7. The predicted octanol–water partition coefficient (Wildman–Crippen LogP) is 1.64. The standard InChI is InChI=1S/C22H21NO8/c1-12(24)20(22(27)28)23-19(25)11-30-15-7-8-16-17(10-15)31-18(21(16)26)9-13-3-5-14(29-2)6-4-13/h3-10,12,20,24H,11H2,1-2H3,(H,23,25)(H,27,28)/t12-,20-/m1/s1. The van der Waals surface area contributed by atoms with Gasteiger partial charge in [0.05, 0.1) is 18.8 Å². The lowest BCUT2D eigenvalue weighted by molar-refractivity contribution is -0.145. The van der Waals surface area contributed by atoms with E-state index in [1.807, 2.05) is 0 Å². The van der Waals surface area contributed by atoms with Crippen molar-refractivity contribution in [2.45, 2.75) is 19.1 Å². The molecule has 2 aromatic carbocycles. The van der Waals surface area contributed by atoms with Crippen molar-refractivity contribution in [2.24, 2.45) is 0 Å². The number of hydrogen-bond donors (Lipinski definition) is 3. The van der Waals surface area contributed by atoms with Gasteiger partial charge in [0.25, 0.3) is 5.91 Å². The molecule has 1 aliphatic rings. The van der Waals surface area contributed by atoms with Crippen molar-refractivity contribution in [2.75, 3.05) is 13.7 Å². The van der Waals surface area contributed by atoms with E-state index in [0.717, 1.165) is 5.56 Å². The number of rotatable bonds is 8. The van der Waals surface area contributed by atoms with E-state index in [9.17, 15) is 19.5 Å². The fraction of sp³-hybridized carbons (Fsp3) is 0.227. The Morgan fingerprint density at radius 2 is 1.84 bits per heavy atom. The van der Waals surface area contributed by atoms with Gasteiger partial charge in [0.1, 0.15) is 17.2 Å². The van der Waals surface area contributed by atoms with Gasteiger partial charge < -0.3 is 29.7 Å². The van der Waals surface area contributed by atoms with Crippen molar-refractivity contribution in [3.63, 3.8) is 0 Å². The molecule has 0 radical (unpaired) electrons. The molecule has 0 unspecified atom stereocenters. The lowest BCUT2D eigenvalue weighted by Crippen LogP contribution is -2.49. The molecule has 0 aliphatic carbocycles. The van der Waals surface area contributed by atoms with Gasteiger partial charge in [-0.2, -0.15) is 0 Å². The average molecular weight is 427 g/mol. The molecule has 3 N–H and O–H groups in total. The maximum Gasteiger partial charge on any atom is 0.328 e. The van der Waals surface area contributed by atoms with Crippen molar-refractivity contribution in [1.29, 1.82) is 0 Å². The number of methoxy groups -OCH3 is 1. The van der Waals surface area contributed by atoms with Crippen molar-refractivity contribution < 1.29 is 38.8 Å². The first kappa shape index (κ1) is 21.8. The number of amides is 1. The van der Waals surface area contributed by atoms with Gasteiger partial charge in [-0.1, -0.05) is 12.1 Å². The molecule has 9 heteroatoms. The lowest BCUT2D eigenvalue weighted by Gasteiger charge is -2.17. The van der Waals surface area contributed by atoms with Gasteiger partial charge >= 0.3 is 5.97 Å². The van der Waals surface area contributed by atoms with Crippen LogP contribution in [0.15, 0.2) is 48.2 Å². The van der Waals surface area contributed by atoms with Crippen molar-refractivity contribution >= 4 is 23.7 Å². The third-order valence-corrected chi connectivity index (χ3v) is 4.49. The zero-order valence-electron chi connectivity index (χ0n) is 16.8. The number of carbonyl (C=O) groups is 3. The van der Waals surface area contributed by atoms with Gasteiger partial charge in [-0.05, 0) is 42.8 Å². The highest BCUT2D eigenvalue weighted by Gasteiger charge is 2.28. The fourth-order valence-electron chi connectivity index (χ4n) is 2.86. The number of nitrogens with one attached hydrogen (secondary N) is 1. The van der Waals surface area contributed by atoms with Crippen LogP contribution in [0.4, 0.5) is 0 Å². The van der Waals surface area contributed by atoms with Gasteiger partial charge in [0.2, 0.25) is 5.78 Å². The molecule has 3 rings (SSSR count). The first-order chi connectivity index (χ1) is 14.8. The van der Waals surface area contributed by atoms with E-state index in [1.54, 1.807) is 37.5 Å². The second-order valence-electron chi connectivity index (χ2n) is 6.78. The molecule has 1 heterocycles. The summed E-state index contributed by atoms with van der Waals surface area (Å²) >= 11 is 0. The quantitative estimate of drug-likeness (QED) is 0.542. The molecule has 2 atom stereocenters. The Labute approximate surface area is 177 Å². The monoisotopic (exact) mass is 427 g/mol. The number of aliphatic carboxylic acids is 1. The molecule has 0 saturated heterocycles. The van der Waals surface area contributed by atoms with Crippen molar-refractivity contribution in [3.8, 4) is 17.2 Å². The zero-order valence-corrected chi connectivity index (χ0v) is 16.8. The molecule has 0 saturated carbocycles. The highest BCUT2D eigenvalue weighted by molar-refractivity contribution is 6.14. The van der Waals surface area contributed by atoms with Crippen molar-refractivity contribution in [3.05, 3.63) is 59.4 Å². The summed E-state index contributed by atoms with van der Waals surface area (Å²) < 4.78 is 16.1. The van der Waals surface area contributed by atoms with E-state index in [0.29, 0.717) is 11.3 Å². The van der Waals surface area contributed by atoms with Gasteiger partial charge in [-0.3, -0.25) is 9.59 Å². The highest BCUT2D eigenvalue weighted by atomic mass is 16.5. The van der Waals surface area contributed by atoms with E-state index in [-0.39, 0.29) is 23.0 Å². The van der Waals surface area contributed by atoms with Crippen LogP contribution in [0.1, 0.15) is 22.8 Å². The summed E-state index contributed by atoms with van der Waals surface area (Å²) in [6.45, 7) is 0.781. The van der Waals surface area contributed by atoms with E-state index < -0.39 is 30.6 Å². The number of ether oxygens (including phenoxy) is 3. The lowest BCUT2D eigenvalue weighted by atomic mass is 10.1. The molecule has 162 valence electrons. The van der Waals surface area contributed by atoms with E-state index in [4.69, 9.17) is 19.3 Å². The largest absolute Gasteiger partial charge is 0.497 e. The van der Waals surface area contributed by atoms with Gasteiger partial charge in [0, 0.05) is 6.07 Å². The number of carbonyl (C=O) groups excluding carboxylic acids is 2. The minimum absolute atomic E-state index is 0.149. The van der Waals surface area contributed by atoms with Gasteiger partial charge in [-0.25, -0.2) is 4.79 Å². The van der Waals surface area contributed by atoms with Crippen LogP contribution in [0.5, 0.6) is 17.2 Å². The van der Waals surface area contributed by atoms with Crippen LogP contribution in [0.25, 0.3) is 6.08 Å². The summed E-state index contributed by atoms with van der Waals surface area (Å²) in [7, 11) is 1.56. The molecular weight excluding hydrogens is 406 g/mol. The van der Waals surface area contributed by atoms with Crippen LogP contribution < -0.4 is 19.5 Å². The molecule has 31 heavy (non-hydrogen) atoms. The van der Waals surface area contributed by atoms with Crippen LogP contribution in [-0.4, -0.2) is 53.7 Å². The molecule has 9 nitrogen and oxygen atoms in total. The van der Waals surface area contributed by atoms with Gasteiger partial charge in [-0.15, -0.1) is 0 Å². The Bertz CT molecular complexity index is 1030. The first-order valence-corrected chi connectivity index (χ1v) is 9.34. The van der Waals surface area contributed by atoms with Crippen LogP contribution in [0.3, 0.4) is 0 Å². The van der Waals surface area contributed by atoms with E-state index in [1.165, 1.54) is 25.1 Å². The smallest absolute Gasteiger partial charge is 0.328 e. The summed E-state index contributed by atoms with van der Waals surface area (Å²) in [5.74, 6) is -0.966. The Morgan fingerprint density at radius 3 is 2.45 bits per heavy atom. The number of allylic oxidation sites excluding steroid dienone is 1. The first-order valence-electron chi connectivity index (χ1n) is 9.34. The molecule has 1 amide bonds. The fourth-order valence-corrected chi connectivity index (χ4v) is 2.86. The van der Waals surface area contributed by atoms with E-state index in [2.05, 4.69) is 5.32 Å². The molecule has 0 spiro atoms. The van der Waals surface area contributed by atoms with Crippen LogP contribution in [0.2, 0.25) is 0 Å². The minimum atomic E-state index is -1.44. The number of aliphatic hydroxyl groups excluding tert-OH is 1. The van der Waals surface area contributed by atoms with Crippen LogP contribution in [-0.2, 0) is 9.59 Å². The molecule has 1 aliphatic heterocycles. The minimum Gasteiger partial charge on any atom is -0.497 e. The average Bonchev–Trinajstić information content (AvgIpc) is 3.05.